The summed E-state index contributed by atoms with van der Waals surface area (Å²) >= 11 is 5.87. The number of nitrogens with zero attached hydrogens (tertiary/aromatic N) is 1. The number of hydrogen-bond acceptors (Lipinski definition) is 4. The highest BCUT2D eigenvalue weighted by Gasteiger charge is 2.48. The molecule has 3 N–H and O–H groups in total. The van der Waals surface area contributed by atoms with Crippen LogP contribution in [-0.4, -0.2) is 44.9 Å². The maximum Gasteiger partial charge on any atom is 0.631 e. The van der Waals surface area contributed by atoms with Crippen molar-refractivity contribution < 1.29 is 15.1 Å². The van der Waals surface area contributed by atoms with Gasteiger partial charge < -0.3 is 15.1 Å². The number of alkyl halides is 1. The first-order chi connectivity index (χ1) is 5.52. The quantitative estimate of drug-likeness (QED) is 0.272. The van der Waals surface area contributed by atoms with Crippen LogP contribution >= 0.6 is 11.6 Å². The van der Waals surface area contributed by atoms with Crippen molar-refractivity contribution in [2.75, 3.05) is 0 Å². The molecule has 2 rings (SSSR count). The first kappa shape index (κ1) is 10.3. The lowest BCUT2D eigenvalue weighted by Crippen LogP contribution is -2.66. The predicted molar refractivity (Wildman–Crippen MR) is 46.4 cm³/mol. The smallest absolute Gasteiger partial charge is 0.402 e. The summed E-state index contributed by atoms with van der Waals surface area (Å²) < 4.78 is 0. The van der Waals surface area contributed by atoms with Crippen LogP contribution in [0.15, 0.2) is 0 Å². The zero-order valence-corrected chi connectivity index (χ0v) is 7.65. The minimum absolute atomic E-state index is 0.378. The van der Waals surface area contributed by atoms with Gasteiger partial charge in [-0.25, -0.2) is 0 Å². The van der Waals surface area contributed by atoms with Gasteiger partial charge in [0.2, 0.25) is 0 Å². The average Bonchev–Trinajstić information content (AvgIpc) is 1.83. The van der Waals surface area contributed by atoms with E-state index in [-0.39, 0.29) is 0 Å². The molecule has 2 heterocycles. The second kappa shape index (κ2) is 3.94. The Morgan fingerprint density at radius 1 is 1.33 bits per heavy atom. The van der Waals surface area contributed by atoms with Crippen molar-refractivity contribution in [2.24, 2.45) is 0 Å². The van der Waals surface area contributed by atoms with E-state index in [0.717, 1.165) is 12.1 Å². The predicted octanol–water partition coefficient (Wildman–Crippen LogP) is -0.634. The van der Waals surface area contributed by atoms with Gasteiger partial charge in [0, 0.05) is 12.1 Å². The van der Waals surface area contributed by atoms with E-state index in [1.54, 1.807) is 0 Å². The van der Waals surface area contributed by atoms with Gasteiger partial charge in [-0.05, 0) is 19.8 Å². The van der Waals surface area contributed by atoms with Gasteiger partial charge >= 0.3 is 7.32 Å². The normalized spacial score (nSPS) is 38.2. The fourth-order valence-electron chi connectivity index (χ4n) is 1.79. The van der Waals surface area contributed by atoms with E-state index in [0.29, 0.717) is 5.50 Å². The number of rotatable bonds is 0. The van der Waals surface area contributed by atoms with Crippen molar-refractivity contribution in [3.8, 4) is 0 Å². The highest BCUT2D eigenvalue weighted by atomic mass is 35.5. The highest BCUT2D eigenvalue weighted by Crippen LogP contribution is 2.42. The van der Waals surface area contributed by atoms with Gasteiger partial charge in [-0.3, -0.25) is 4.90 Å². The lowest BCUT2D eigenvalue weighted by molar-refractivity contribution is -0.0760. The monoisotopic (exact) mass is 193 g/mol. The SMILES string of the molecule is CC1CC2CC(Cl)N12.OB(O)O. The molecule has 0 radical (unpaired) electrons. The van der Waals surface area contributed by atoms with Gasteiger partial charge in [0.25, 0.3) is 0 Å². The molecule has 2 aliphatic rings. The third-order valence-electron chi connectivity index (χ3n) is 2.33. The van der Waals surface area contributed by atoms with E-state index < -0.39 is 7.32 Å². The molecule has 0 amide bonds. The lowest BCUT2D eigenvalue weighted by atomic mass is 9.84. The van der Waals surface area contributed by atoms with E-state index >= 15 is 0 Å². The molecule has 3 atom stereocenters. The van der Waals surface area contributed by atoms with Crippen LogP contribution in [-0.2, 0) is 0 Å². The molecule has 2 saturated heterocycles. The zero-order valence-electron chi connectivity index (χ0n) is 6.89. The molecule has 70 valence electrons. The highest BCUT2D eigenvalue weighted by molar-refractivity contribution is 6.30. The Balaban J connectivity index is 0.000000157. The van der Waals surface area contributed by atoms with E-state index in [2.05, 4.69) is 11.8 Å². The summed E-state index contributed by atoms with van der Waals surface area (Å²) in [4.78, 5) is 2.38. The number of piperidine rings is 1. The molecule has 0 aromatic rings. The summed E-state index contributed by atoms with van der Waals surface area (Å²) in [6, 6.07) is 1.64. The van der Waals surface area contributed by atoms with E-state index in [9.17, 15) is 0 Å². The van der Waals surface area contributed by atoms with Gasteiger partial charge in [0.1, 0.15) is 0 Å². The van der Waals surface area contributed by atoms with Gasteiger partial charge in [-0.1, -0.05) is 0 Å². The van der Waals surface area contributed by atoms with Crippen LogP contribution in [0, 0.1) is 0 Å². The van der Waals surface area contributed by atoms with Crippen LogP contribution in [0.1, 0.15) is 19.8 Å². The maximum absolute atomic E-state index is 7.17. The second-order valence-electron chi connectivity index (χ2n) is 3.20. The minimum Gasteiger partial charge on any atom is -0.402 e. The summed E-state index contributed by atoms with van der Waals surface area (Å²) in [7, 11) is -2.17. The van der Waals surface area contributed by atoms with Crippen LogP contribution in [0.5, 0.6) is 0 Å². The molecule has 2 aliphatic heterocycles. The molecule has 2 fully saturated rings. The molecule has 0 spiro atoms. The summed E-state index contributed by atoms with van der Waals surface area (Å²) in [5, 5.41) is 21.5. The minimum atomic E-state index is -2.17. The first-order valence-corrected chi connectivity index (χ1v) is 4.41. The maximum atomic E-state index is 7.17. The Labute approximate surface area is 76.9 Å². The first-order valence-electron chi connectivity index (χ1n) is 3.98. The summed E-state index contributed by atoms with van der Waals surface area (Å²) in [6.45, 7) is 2.24. The molecular weight excluding hydrogens is 180 g/mol. The van der Waals surface area contributed by atoms with E-state index in [1.807, 2.05) is 0 Å². The summed E-state index contributed by atoms with van der Waals surface area (Å²) in [5.41, 5.74) is 0.378. The van der Waals surface area contributed by atoms with Gasteiger partial charge in [-0.15, -0.1) is 11.6 Å². The molecule has 6 heteroatoms. The molecule has 4 nitrogen and oxygen atoms in total. The molecule has 0 aromatic heterocycles. The van der Waals surface area contributed by atoms with Gasteiger partial charge in [0.05, 0.1) is 5.50 Å². The van der Waals surface area contributed by atoms with Crippen LogP contribution in [0.4, 0.5) is 0 Å². The van der Waals surface area contributed by atoms with Crippen molar-refractivity contribution in [3.63, 3.8) is 0 Å². The molecule has 0 saturated carbocycles. The summed E-state index contributed by atoms with van der Waals surface area (Å²) in [6.07, 6.45) is 2.61. The Morgan fingerprint density at radius 3 is 2.00 bits per heavy atom. The number of hydrogen-bond donors (Lipinski definition) is 3. The van der Waals surface area contributed by atoms with Gasteiger partial charge in [0.15, 0.2) is 0 Å². The van der Waals surface area contributed by atoms with Crippen molar-refractivity contribution in [1.82, 2.24) is 4.90 Å². The van der Waals surface area contributed by atoms with E-state index in [4.69, 9.17) is 26.7 Å². The Hall–Kier alpha value is 0.195. The molecule has 0 bridgehead atoms. The molecule has 12 heavy (non-hydrogen) atoms. The molecule has 0 aromatic carbocycles. The molecule has 3 unspecified atom stereocenters. The Kier molecular flexibility index (Phi) is 3.37. The van der Waals surface area contributed by atoms with Crippen LogP contribution in [0.2, 0.25) is 0 Å². The van der Waals surface area contributed by atoms with Gasteiger partial charge in [-0.2, -0.15) is 0 Å². The van der Waals surface area contributed by atoms with Crippen LogP contribution < -0.4 is 0 Å². The summed E-state index contributed by atoms with van der Waals surface area (Å²) in [5.74, 6) is 0. The fraction of sp³-hybridized carbons (Fsp3) is 1.00. The topological polar surface area (TPSA) is 63.9 Å². The molecular formula is C6H13BClNO3. The van der Waals surface area contributed by atoms with Crippen molar-refractivity contribution >= 4 is 18.9 Å². The van der Waals surface area contributed by atoms with Crippen molar-refractivity contribution in [3.05, 3.63) is 0 Å². The third-order valence-corrected chi connectivity index (χ3v) is 2.74. The Bertz CT molecular complexity index is 138. The fourth-order valence-corrected chi connectivity index (χ4v) is 2.35. The van der Waals surface area contributed by atoms with E-state index in [1.165, 1.54) is 12.8 Å². The standard InChI is InChI=1S/C6H10ClN.BH3O3/c1-4-2-5-3-6(7)8(4)5;2-1(3)4/h4-6H,2-3H2,1H3;2-4H. The molecule has 0 aliphatic carbocycles. The zero-order chi connectivity index (χ0) is 9.30. The van der Waals surface area contributed by atoms with Crippen LogP contribution in [0.3, 0.4) is 0 Å². The van der Waals surface area contributed by atoms with Crippen molar-refractivity contribution in [2.45, 2.75) is 37.4 Å². The van der Waals surface area contributed by atoms with Crippen LogP contribution in [0.25, 0.3) is 0 Å². The second-order valence-corrected chi connectivity index (χ2v) is 3.71. The largest absolute Gasteiger partial charge is 0.631 e. The third kappa shape index (κ3) is 2.11. The lowest BCUT2D eigenvalue weighted by Gasteiger charge is -2.58. The van der Waals surface area contributed by atoms with Crippen molar-refractivity contribution in [1.29, 1.82) is 0 Å². The Morgan fingerprint density at radius 2 is 1.83 bits per heavy atom. The number of fused-ring (bicyclic) bond motifs is 1. The average molecular weight is 193 g/mol. The number of halogens is 1.